The Morgan fingerprint density at radius 1 is 1.04 bits per heavy atom. The number of phenolic OH excluding ortho intramolecular Hbond substituents is 1. The summed E-state index contributed by atoms with van der Waals surface area (Å²) in [5.41, 5.74) is 2.77. The van der Waals surface area contributed by atoms with Crippen molar-refractivity contribution in [2.45, 2.75) is 25.3 Å². The summed E-state index contributed by atoms with van der Waals surface area (Å²) in [6, 6.07) is 14.7. The van der Waals surface area contributed by atoms with Gasteiger partial charge in [0.25, 0.3) is 0 Å². The Bertz CT molecular complexity index is 744. The second kappa shape index (κ2) is 7.17. The zero-order valence-corrected chi connectivity index (χ0v) is 13.3. The third kappa shape index (κ3) is 3.74. The second-order valence-electron chi connectivity index (χ2n) is 5.94. The number of hydrogen-bond donors (Lipinski definition) is 3. The normalized spacial score (nSPS) is 15.6. The number of fused-ring (bicyclic) bond motifs is 1. The minimum atomic E-state index is -0.224. The van der Waals surface area contributed by atoms with Crippen molar-refractivity contribution >= 4 is 11.8 Å². The van der Waals surface area contributed by atoms with Gasteiger partial charge in [-0.3, -0.25) is 9.59 Å². The average Bonchev–Trinajstić information content (AvgIpc) is 2.98. The van der Waals surface area contributed by atoms with Gasteiger partial charge in [0, 0.05) is 0 Å². The van der Waals surface area contributed by atoms with Crippen LogP contribution in [-0.2, 0) is 22.4 Å². The zero-order valence-electron chi connectivity index (χ0n) is 13.3. The van der Waals surface area contributed by atoms with Crippen molar-refractivity contribution in [1.29, 1.82) is 0 Å². The van der Waals surface area contributed by atoms with E-state index in [9.17, 15) is 14.7 Å². The molecule has 1 aliphatic carbocycles. The SMILES string of the molecule is O=C(Cc1ccccc1)NCC(=O)NC1CCc2c(O)cccc21. The van der Waals surface area contributed by atoms with Gasteiger partial charge in [0.05, 0.1) is 19.0 Å². The molecule has 5 heteroatoms. The average molecular weight is 324 g/mol. The van der Waals surface area contributed by atoms with Crippen molar-refractivity contribution in [3.63, 3.8) is 0 Å². The molecule has 0 heterocycles. The van der Waals surface area contributed by atoms with Gasteiger partial charge in [-0.25, -0.2) is 0 Å². The van der Waals surface area contributed by atoms with Gasteiger partial charge in [-0.1, -0.05) is 42.5 Å². The van der Waals surface area contributed by atoms with Crippen molar-refractivity contribution in [3.8, 4) is 5.75 Å². The minimum Gasteiger partial charge on any atom is -0.508 e. The van der Waals surface area contributed by atoms with E-state index in [0.29, 0.717) is 0 Å². The summed E-state index contributed by atoms with van der Waals surface area (Å²) in [5.74, 6) is -0.126. The number of phenols is 1. The molecule has 0 aromatic heterocycles. The molecule has 124 valence electrons. The molecular formula is C19H20N2O3. The molecule has 1 aliphatic rings. The van der Waals surface area contributed by atoms with Crippen molar-refractivity contribution in [3.05, 3.63) is 65.2 Å². The third-order valence-corrected chi connectivity index (χ3v) is 4.23. The molecule has 2 aromatic carbocycles. The number of rotatable bonds is 5. The molecule has 0 aliphatic heterocycles. The number of benzene rings is 2. The highest BCUT2D eigenvalue weighted by atomic mass is 16.3. The fourth-order valence-corrected chi connectivity index (χ4v) is 3.05. The fourth-order valence-electron chi connectivity index (χ4n) is 3.05. The monoisotopic (exact) mass is 324 g/mol. The molecule has 2 aromatic rings. The predicted molar refractivity (Wildman–Crippen MR) is 90.5 cm³/mol. The maximum Gasteiger partial charge on any atom is 0.239 e. The lowest BCUT2D eigenvalue weighted by molar-refractivity contribution is -0.126. The summed E-state index contributed by atoms with van der Waals surface area (Å²) in [6.07, 6.45) is 1.76. The maximum absolute atomic E-state index is 12.1. The van der Waals surface area contributed by atoms with Crippen molar-refractivity contribution in [2.75, 3.05) is 6.54 Å². The fraction of sp³-hybridized carbons (Fsp3) is 0.263. The molecule has 0 spiro atoms. The lowest BCUT2D eigenvalue weighted by Gasteiger charge is -2.14. The van der Waals surface area contributed by atoms with Crippen LogP contribution in [0.5, 0.6) is 5.75 Å². The van der Waals surface area contributed by atoms with E-state index < -0.39 is 0 Å². The van der Waals surface area contributed by atoms with Crippen LogP contribution in [-0.4, -0.2) is 23.5 Å². The van der Waals surface area contributed by atoms with Gasteiger partial charge in [0.15, 0.2) is 0 Å². The first-order chi connectivity index (χ1) is 11.6. The molecule has 0 fully saturated rings. The summed E-state index contributed by atoms with van der Waals surface area (Å²) in [5, 5.41) is 15.4. The van der Waals surface area contributed by atoms with Gasteiger partial charge < -0.3 is 15.7 Å². The Kier molecular flexibility index (Phi) is 4.79. The molecule has 0 saturated heterocycles. The van der Waals surface area contributed by atoms with Gasteiger partial charge in [0.2, 0.25) is 11.8 Å². The quantitative estimate of drug-likeness (QED) is 0.785. The second-order valence-corrected chi connectivity index (χ2v) is 5.94. The Hall–Kier alpha value is -2.82. The summed E-state index contributed by atoms with van der Waals surface area (Å²) in [4.78, 5) is 23.9. The molecule has 0 bridgehead atoms. The number of hydrogen-bond acceptors (Lipinski definition) is 3. The smallest absolute Gasteiger partial charge is 0.239 e. The van der Waals surface area contributed by atoms with Crippen molar-refractivity contribution in [2.24, 2.45) is 0 Å². The van der Waals surface area contributed by atoms with Gasteiger partial charge in [-0.15, -0.1) is 0 Å². The highest BCUT2D eigenvalue weighted by Gasteiger charge is 2.25. The van der Waals surface area contributed by atoms with Gasteiger partial charge >= 0.3 is 0 Å². The van der Waals surface area contributed by atoms with Crippen LogP contribution in [0.15, 0.2) is 48.5 Å². The predicted octanol–water partition coefficient (Wildman–Crippen LogP) is 1.85. The molecule has 1 atom stereocenters. The largest absolute Gasteiger partial charge is 0.508 e. The Balaban J connectivity index is 1.49. The highest BCUT2D eigenvalue weighted by molar-refractivity contribution is 5.86. The molecule has 3 rings (SSSR count). The van der Waals surface area contributed by atoms with E-state index >= 15 is 0 Å². The van der Waals surface area contributed by atoms with E-state index in [1.165, 1.54) is 0 Å². The molecular weight excluding hydrogens is 304 g/mol. The zero-order chi connectivity index (χ0) is 16.9. The van der Waals surface area contributed by atoms with Crippen LogP contribution in [0.25, 0.3) is 0 Å². The highest BCUT2D eigenvalue weighted by Crippen LogP contribution is 2.36. The van der Waals surface area contributed by atoms with E-state index in [4.69, 9.17) is 0 Å². The summed E-state index contributed by atoms with van der Waals surface area (Å²) in [6.45, 7) is -0.0453. The molecule has 1 unspecified atom stereocenters. The van der Waals surface area contributed by atoms with Crippen molar-refractivity contribution in [1.82, 2.24) is 10.6 Å². The lowest BCUT2D eigenvalue weighted by atomic mass is 10.1. The van der Waals surface area contributed by atoms with Crippen LogP contribution in [0.1, 0.15) is 29.2 Å². The number of nitrogens with one attached hydrogen (secondary N) is 2. The lowest BCUT2D eigenvalue weighted by Crippen LogP contribution is -2.38. The Labute approximate surface area is 140 Å². The third-order valence-electron chi connectivity index (χ3n) is 4.23. The van der Waals surface area contributed by atoms with E-state index in [-0.39, 0.29) is 36.6 Å². The summed E-state index contributed by atoms with van der Waals surface area (Å²) in [7, 11) is 0. The number of amides is 2. The van der Waals surface area contributed by atoms with E-state index in [0.717, 1.165) is 29.5 Å². The molecule has 0 saturated carbocycles. The number of aromatic hydroxyl groups is 1. The Morgan fingerprint density at radius 2 is 1.83 bits per heavy atom. The molecule has 24 heavy (non-hydrogen) atoms. The van der Waals surface area contributed by atoms with Gasteiger partial charge in [-0.2, -0.15) is 0 Å². The first-order valence-corrected chi connectivity index (χ1v) is 8.04. The summed E-state index contributed by atoms with van der Waals surface area (Å²) < 4.78 is 0. The molecule has 3 N–H and O–H groups in total. The maximum atomic E-state index is 12.1. The number of carbonyl (C=O) groups excluding carboxylic acids is 2. The first kappa shape index (κ1) is 16.1. The van der Waals surface area contributed by atoms with E-state index in [2.05, 4.69) is 10.6 Å². The Morgan fingerprint density at radius 3 is 2.62 bits per heavy atom. The van der Waals surface area contributed by atoms with Gasteiger partial charge in [-0.05, 0) is 35.6 Å². The van der Waals surface area contributed by atoms with Crippen LogP contribution < -0.4 is 10.6 Å². The van der Waals surface area contributed by atoms with E-state index in [1.54, 1.807) is 12.1 Å². The van der Waals surface area contributed by atoms with Crippen LogP contribution in [0.3, 0.4) is 0 Å². The van der Waals surface area contributed by atoms with Crippen molar-refractivity contribution < 1.29 is 14.7 Å². The molecule has 5 nitrogen and oxygen atoms in total. The topological polar surface area (TPSA) is 78.4 Å². The summed E-state index contributed by atoms with van der Waals surface area (Å²) >= 11 is 0. The van der Waals surface area contributed by atoms with E-state index in [1.807, 2.05) is 36.4 Å². The van der Waals surface area contributed by atoms with Crippen LogP contribution >= 0.6 is 0 Å². The van der Waals surface area contributed by atoms with Gasteiger partial charge in [0.1, 0.15) is 5.75 Å². The number of carbonyl (C=O) groups is 2. The first-order valence-electron chi connectivity index (χ1n) is 8.04. The standard InChI is InChI=1S/C19H20N2O3/c22-17-8-4-7-14-15(17)9-10-16(14)21-19(24)12-20-18(23)11-13-5-2-1-3-6-13/h1-8,16,22H,9-12H2,(H,20,23)(H,21,24). The van der Waals surface area contributed by atoms with Crippen LogP contribution in [0, 0.1) is 0 Å². The van der Waals surface area contributed by atoms with Crippen LogP contribution in [0.4, 0.5) is 0 Å². The minimum absolute atomic E-state index is 0.0453. The molecule has 2 amide bonds. The van der Waals surface area contributed by atoms with Crippen LogP contribution in [0.2, 0.25) is 0 Å². The molecule has 0 radical (unpaired) electrons.